The van der Waals surface area contributed by atoms with Gasteiger partial charge in [0.1, 0.15) is 25.6 Å². The summed E-state index contributed by atoms with van der Waals surface area (Å²) in [5.74, 6) is 3.72. The SMILES string of the molecule is COCC(=O)N[C@@H](CC(C)C)c1nnc2n1CCN(Cc1ccc3c(c1)OCCO3)CC2. The maximum atomic E-state index is 12.2. The van der Waals surface area contributed by atoms with Gasteiger partial charge < -0.3 is 24.1 Å². The Morgan fingerprint density at radius 1 is 1.16 bits per heavy atom. The number of nitrogens with one attached hydrogen (secondary N) is 1. The number of ether oxygens (including phenoxy) is 3. The lowest BCUT2D eigenvalue weighted by Crippen LogP contribution is -2.34. The van der Waals surface area contributed by atoms with Gasteiger partial charge in [-0.25, -0.2) is 0 Å². The molecule has 1 N–H and O–H groups in total. The molecular weight excluding hydrogens is 410 g/mol. The molecule has 1 aromatic heterocycles. The molecule has 4 rings (SSSR count). The summed E-state index contributed by atoms with van der Waals surface area (Å²) in [6.07, 6.45) is 1.62. The number of nitrogens with zero attached hydrogens (tertiary/aromatic N) is 4. The van der Waals surface area contributed by atoms with Crippen LogP contribution in [0.4, 0.5) is 0 Å². The van der Waals surface area contributed by atoms with E-state index in [-0.39, 0.29) is 18.6 Å². The number of benzene rings is 1. The van der Waals surface area contributed by atoms with E-state index in [9.17, 15) is 4.79 Å². The Balaban J connectivity index is 1.44. The van der Waals surface area contributed by atoms with Gasteiger partial charge >= 0.3 is 0 Å². The Hall–Kier alpha value is -2.65. The van der Waals surface area contributed by atoms with Crippen LogP contribution in [0, 0.1) is 5.92 Å². The number of hydrogen-bond donors (Lipinski definition) is 1. The van der Waals surface area contributed by atoms with E-state index in [2.05, 4.69) is 51.0 Å². The number of aromatic nitrogens is 3. The Labute approximate surface area is 189 Å². The molecule has 0 unspecified atom stereocenters. The summed E-state index contributed by atoms with van der Waals surface area (Å²) >= 11 is 0. The molecule has 174 valence electrons. The zero-order chi connectivity index (χ0) is 22.5. The minimum Gasteiger partial charge on any atom is -0.486 e. The van der Waals surface area contributed by atoms with Crippen molar-refractivity contribution >= 4 is 5.91 Å². The first-order valence-electron chi connectivity index (χ1n) is 11.3. The molecule has 0 bridgehead atoms. The van der Waals surface area contributed by atoms with Gasteiger partial charge in [0.2, 0.25) is 5.91 Å². The fourth-order valence-electron chi connectivity index (χ4n) is 4.32. The third-order valence-corrected chi connectivity index (χ3v) is 5.79. The van der Waals surface area contributed by atoms with Crippen LogP contribution in [0.15, 0.2) is 18.2 Å². The zero-order valence-corrected chi connectivity index (χ0v) is 19.2. The van der Waals surface area contributed by atoms with E-state index in [1.807, 2.05) is 6.07 Å². The van der Waals surface area contributed by atoms with Crippen LogP contribution in [0.1, 0.15) is 43.5 Å². The summed E-state index contributed by atoms with van der Waals surface area (Å²) in [7, 11) is 1.52. The van der Waals surface area contributed by atoms with Crippen molar-refractivity contribution in [3.63, 3.8) is 0 Å². The molecule has 9 nitrogen and oxygen atoms in total. The molecule has 2 aliphatic heterocycles. The first-order chi connectivity index (χ1) is 15.5. The quantitative estimate of drug-likeness (QED) is 0.667. The van der Waals surface area contributed by atoms with Crippen LogP contribution in [0.2, 0.25) is 0 Å². The first-order valence-corrected chi connectivity index (χ1v) is 11.3. The Morgan fingerprint density at radius 2 is 1.97 bits per heavy atom. The van der Waals surface area contributed by atoms with Crippen LogP contribution in [0.5, 0.6) is 11.5 Å². The summed E-state index contributed by atoms with van der Waals surface area (Å²) in [5, 5.41) is 12.0. The third kappa shape index (κ3) is 5.39. The molecular formula is C23H33N5O4. The van der Waals surface area contributed by atoms with Crippen molar-refractivity contribution in [2.45, 2.75) is 45.8 Å². The normalized spacial score (nSPS) is 17.0. The van der Waals surface area contributed by atoms with Crippen LogP contribution >= 0.6 is 0 Å². The highest BCUT2D eigenvalue weighted by atomic mass is 16.6. The Kier molecular flexibility index (Phi) is 7.26. The molecule has 0 aliphatic carbocycles. The van der Waals surface area contributed by atoms with E-state index >= 15 is 0 Å². The maximum absolute atomic E-state index is 12.2. The van der Waals surface area contributed by atoms with Gasteiger partial charge in [-0.15, -0.1) is 10.2 Å². The third-order valence-electron chi connectivity index (χ3n) is 5.79. The second-order valence-electron chi connectivity index (χ2n) is 8.81. The molecule has 2 aliphatic rings. The van der Waals surface area contributed by atoms with Crippen molar-refractivity contribution < 1.29 is 19.0 Å². The van der Waals surface area contributed by atoms with E-state index in [0.717, 1.165) is 62.2 Å². The monoisotopic (exact) mass is 443 g/mol. The average molecular weight is 444 g/mol. The minimum atomic E-state index is -0.178. The van der Waals surface area contributed by atoms with Gasteiger partial charge in [-0.1, -0.05) is 19.9 Å². The summed E-state index contributed by atoms with van der Waals surface area (Å²) in [4.78, 5) is 14.6. The molecule has 1 atom stereocenters. The van der Waals surface area contributed by atoms with Gasteiger partial charge in [0, 0.05) is 39.7 Å². The van der Waals surface area contributed by atoms with E-state index in [1.54, 1.807) is 0 Å². The molecule has 3 heterocycles. The number of carbonyl (C=O) groups is 1. The molecule has 0 fully saturated rings. The lowest BCUT2D eigenvalue weighted by Gasteiger charge is -2.23. The van der Waals surface area contributed by atoms with Crippen molar-refractivity contribution in [1.82, 2.24) is 25.0 Å². The summed E-state index contributed by atoms with van der Waals surface area (Å²) in [6, 6.07) is 6.00. The van der Waals surface area contributed by atoms with Crippen LogP contribution in [0.25, 0.3) is 0 Å². The van der Waals surface area contributed by atoms with Gasteiger partial charge in [0.25, 0.3) is 0 Å². The van der Waals surface area contributed by atoms with Crippen molar-refractivity contribution in [2.24, 2.45) is 5.92 Å². The standard InChI is InChI=1S/C23H33N5O4/c1-16(2)12-18(24-22(29)15-30-3)23-26-25-21-6-7-27(8-9-28(21)23)14-17-4-5-19-20(13-17)32-11-10-31-19/h4-5,13,16,18H,6-12,14-15H2,1-3H3,(H,24,29)/t18-/m0/s1. The van der Waals surface area contributed by atoms with Crippen molar-refractivity contribution in [1.29, 1.82) is 0 Å². The molecule has 0 spiro atoms. The molecule has 9 heteroatoms. The fraction of sp³-hybridized carbons (Fsp3) is 0.609. The molecule has 2 aromatic rings. The highest BCUT2D eigenvalue weighted by Crippen LogP contribution is 2.31. The molecule has 32 heavy (non-hydrogen) atoms. The maximum Gasteiger partial charge on any atom is 0.246 e. The first kappa shape index (κ1) is 22.5. The Morgan fingerprint density at radius 3 is 2.75 bits per heavy atom. The minimum absolute atomic E-state index is 0.0406. The number of amides is 1. The summed E-state index contributed by atoms with van der Waals surface area (Å²) in [5.41, 5.74) is 1.21. The molecule has 1 aromatic carbocycles. The number of hydrogen-bond acceptors (Lipinski definition) is 7. The van der Waals surface area contributed by atoms with E-state index < -0.39 is 0 Å². The second-order valence-corrected chi connectivity index (χ2v) is 8.81. The molecule has 1 amide bonds. The summed E-state index contributed by atoms with van der Waals surface area (Å²) < 4.78 is 18.5. The average Bonchev–Trinajstić information content (AvgIpc) is 3.07. The van der Waals surface area contributed by atoms with Gasteiger partial charge in [-0.2, -0.15) is 0 Å². The van der Waals surface area contributed by atoms with Crippen molar-refractivity contribution in [2.75, 3.05) is 40.0 Å². The van der Waals surface area contributed by atoms with Gasteiger partial charge in [-0.3, -0.25) is 9.69 Å². The molecule has 0 radical (unpaired) electrons. The lowest BCUT2D eigenvalue weighted by atomic mass is 10.0. The highest BCUT2D eigenvalue weighted by Gasteiger charge is 2.26. The number of methoxy groups -OCH3 is 1. The van der Waals surface area contributed by atoms with Crippen LogP contribution in [0.3, 0.4) is 0 Å². The van der Waals surface area contributed by atoms with Gasteiger partial charge in [-0.05, 0) is 30.0 Å². The largest absolute Gasteiger partial charge is 0.486 e. The lowest BCUT2D eigenvalue weighted by molar-refractivity contribution is -0.125. The summed E-state index contributed by atoms with van der Waals surface area (Å²) in [6.45, 7) is 8.93. The van der Waals surface area contributed by atoms with Crippen LogP contribution < -0.4 is 14.8 Å². The number of fused-ring (bicyclic) bond motifs is 2. The van der Waals surface area contributed by atoms with Crippen molar-refractivity contribution in [3.8, 4) is 11.5 Å². The van der Waals surface area contributed by atoms with E-state index in [1.165, 1.54) is 12.7 Å². The fourth-order valence-corrected chi connectivity index (χ4v) is 4.32. The smallest absolute Gasteiger partial charge is 0.246 e. The number of rotatable bonds is 8. The molecule has 0 saturated heterocycles. The highest BCUT2D eigenvalue weighted by molar-refractivity contribution is 5.77. The predicted octanol–water partition coefficient (Wildman–Crippen LogP) is 1.96. The van der Waals surface area contributed by atoms with Crippen molar-refractivity contribution in [3.05, 3.63) is 35.4 Å². The number of carbonyl (C=O) groups excluding carboxylic acids is 1. The van der Waals surface area contributed by atoms with Gasteiger partial charge in [0.05, 0.1) is 6.04 Å². The zero-order valence-electron chi connectivity index (χ0n) is 19.2. The van der Waals surface area contributed by atoms with Crippen LogP contribution in [-0.4, -0.2) is 65.6 Å². The Bertz CT molecular complexity index is 929. The van der Waals surface area contributed by atoms with E-state index in [4.69, 9.17) is 14.2 Å². The topological polar surface area (TPSA) is 90.7 Å². The van der Waals surface area contributed by atoms with E-state index in [0.29, 0.717) is 19.1 Å². The predicted molar refractivity (Wildman–Crippen MR) is 119 cm³/mol. The van der Waals surface area contributed by atoms with Gasteiger partial charge in [0.15, 0.2) is 17.3 Å². The van der Waals surface area contributed by atoms with Crippen LogP contribution in [-0.2, 0) is 29.0 Å². The second kappa shape index (κ2) is 10.3. The molecule has 0 saturated carbocycles.